The highest BCUT2D eigenvalue weighted by molar-refractivity contribution is 14.0. The van der Waals surface area contributed by atoms with Gasteiger partial charge in [-0.3, -0.25) is 4.99 Å². The molecular weight excluding hydrogens is 451 g/mol. The number of fused-ring (bicyclic) bond motifs is 1. The number of benzene rings is 1. The molecule has 27 heavy (non-hydrogen) atoms. The molecule has 0 aliphatic carbocycles. The molecule has 0 saturated carbocycles. The fourth-order valence-electron chi connectivity index (χ4n) is 3.07. The fourth-order valence-corrected chi connectivity index (χ4v) is 3.07. The summed E-state index contributed by atoms with van der Waals surface area (Å²) in [6.45, 7) is 4.89. The number of para-hydroxylation sites is 1. The smallest absolute Gasteiger partial charge is 0.191 e. The highest BCUT2D eigenvalue weighted by atomic mass is 127. The van der Waals surface area contributed by atoms with Gasteiger partial charge >= 0.3 is 0 Å². The van der Waals surface area contributed by atoms with Gasteiger partial charge < -0.3 is 20.0 Å². The summed E-state index contributed by atoms with van der Waals surface area (Å²) in [7, 11) is 6.08. The van der Waals surface area contributed by atoms with Crippen molar-refractivity contribution in [2.45, 2.75) is 45.6 Å². The van der Waals surface area contributed by atoms with E-state index in [0.717, 1.165) is 23.8 Å². The van der Waals surface area contributed by atoms with Crippen LogP contribution in [0, 0.1) is 6.92 Å². The van der Waals surface area contributed by atoms with Crippen LogP contribution in [0.1, 0.15) is 43.4 Å². The van der Waals surface area contributed by atoms with E-state index in [-0.39, 0.29) is 24.0 Å². The maximum absolute atomic E-state index is 5.94. The van der Waals surface area contributed by atoms with Gasteiger partial charge in [-0.1, -0.05) is 37.5 Å². The Morgan fingerprint density at radius 2 is 1.74 bits per heavy atom. The lowest BCUT2D eigenvalue weighted by Gasteiger charge is -2.11. The van der Waals surface area contributed by atoms with Crippen LogP contribution >= 0.6 is 24.0 Å². The minimum atomic E-state index is 0. The Morgan fingerprint density at radius 3 is 2.44 bits per heavy atom. The molecule has 0 aliphatic heterocycles. The Labute approximate surface area is 181 Å². The van der Waals surface area contributed by atoms with Crippen molar-refractivity contribution in [3.8, 4) is 0 Å². The number of aliphatic imine (C=N–C) groups is 1. The van der Waals surface area contributed by atoms with Gasteiger partial charge in [0.15, 0.2) is 5.96 Å². The summed E-state index contributed by atoms with van der Waals surface area (Å²) < 4.78 is 5.94. The highest BCUT2D eigenvalue weighted by Gasteiger charge is 2.10. The molecule has 2 aromatic rings. The molecule has 0 radical (unpaired) electrons. The van der Waals surface area contributed by atoms with Gasteiger partial charge in [0.25, 0.3) is 0 Å². The lowest BCUT2D eigenvalue weighted by atomic mass is 10.1. The van der Waals surface area contributed by atoms with Gasteiger partial charge in [0.1, 0.15) is 11.3 Å². The predicted octanol–water partition coefficient (Wildman–Crippen LogP) is 4.54. The number of aryl methyl sites for hydroxylation is 1. The number of hydrogen-bond donors (Lipinski definition) is 2. The first-order valence-corrected chi connectivity index (χ1v) is 9.68. The molecule has 0 bridgehead atoms. The Bertz CT molecular complexity index is 697. The highest BCUT2D eigenvalue weighted by Crippen LogP contribution is 2.24. The molecule has 5 nitrogen and oxygen atoms in total. The Balaban J connectivity index is 0.00000364. The third kappa shape index (κ3) is 8.09. The van der Waals surface area contributed by atoms with Gasteiger partial charge in [-0.05, 0) is 46.5 Å². The van der Waals surface area contributed by atoms with Crippen LogP contribution in [0.3, 0.4) is 0 Å². The van der Waals surface area contributed by atoms with E-state index in [1.54, 1.807) is 0 Å². The van der Waals surface area contributed by atoms with E-state index in [1.165, 1.54) is 49.6 Å². The Kier molecular flexibility index (Phi) is 11.4. The van der Waals surface area contributed by atoms with E-state index in [9.17, 15) is 0 Å². The zero-order chi connectivity index (χ0) is 18.8. The normalized spacial score (nSPS) is 11.7. The summed E-state index contributed by atoms with van der Waals surface area (Å²) in [6, 6.07) is 8.16. The minimum absolute atomic E-state index is 0. The van der Waals surface area contributed by atoms with Crippen molar-refractivity contribution in [1.82, 2.24) is 15.5 Å². The van der Waals surface area contributed by atoms with Crippen molar-refractivity contribution in [3.63, 3.8) is 0 Å². The molecule has 1 aromatic carbocycles. The topological polar surface area (TPSA) is 52.8 Å². The molecule has 0 aliphatic rings. The number of nitrogens with one attached hydrogen (secondary N) is 2. The Hall–Kier alpha value is -1.28. The molecule has 2 rings (SSSR count). The number of nitrogens with zero attached hydrogens (tertiary/aromatic N) is 2. The SMILES string of the molecule is CN=C(NCCCCCCCN(C)C)NCc1oc2ccccc2c1C.I. The van der Waals surface area contributed by atoms with E-state index in [4.69, 9.17) is 4.42 Å². The van der Waals surface area contributed by atoms with E-state index >= 15 is 0 Å². The summed E-state index contributed by atoms with van der Waals surface area (Å²) in [5.74, 6) is 1.80. The molecule has 0 unspecified atom stereocenters. The molecule has 2 N–H and O–H groups in total. The van der Waals surface area contributed by atoms with Crippen molar-refractivity contribution in [2.75, 3.05) is 34.2 Å². The second-order valence-electron chi connectivity index (χ2n) is 7.07. The molecule has 1 aromatic heterocycles. The number of rotatable bonds is 10. The van der Waals surface area contributed by atoms with Crippen LogP contribution in [0.5, 0.6) is 0 Å². The molecule has 0 atom stereocenters. The lowest BCUT2D eigenvalue weighted by Crippen LogP contribution is -2.37. The summed E-state index contributed by atoms with van der Waals surface area (Å²) in [5.41, 5.74) is 2.14. The molecule has 1 heterocycles. The zero-order valence-electron chi connectivity index (χ0n) is 17.2. The maximum atomic E-state index is 5.94. The van der Waals surface area contributed by atoms with Gasteiger partial charge in [0, 0.05) is 24.5 Å². The van der Waals surface area contributed by atoms with Gasteiger partial charge in [-0.15, -0.1) is 24.0 Å². The maximum Gasteiger partial charge on any atom is 0.191 e. The van der Waals surface area contributed by atoms with Crippen LogP contribution in [0.4, 0.5) is 0 Å². The van der Waals surface area contributed by atoms with Crippen molar-refractivity contribution in [3.05, 3.63) is 35.6 Å². The molecule has 0 fully saturated rings. The summed E-state index contributed by atoms with van der Waals surface area (Å²) >= 11 is 0. The Morgan fingerprint density at radius 1 is 1.04 bits per heavy atom. The molecule has 0 saturated heterocycles. The number of guanidine groups is 1. The standard InChI is InChI=1S/C21H34N4O.HI/c1-17-18-12-8-9-13-19(18)26-20(17)16-24-21(22-2)23-14-10-6-5-7-11-15-25(3)4;/h8-9,12-13H,5-7,10-11,14-16H2,1-4H3,(H2,22,23,24);1H. The van der Waals surface area contributed by atoms with Gasteiger partial charge in [0.05, 0.1) is 6.54 Å². The summed E-state index contributed by atoms with van der Waals surface area (Å²) in [5, 5.41) is 7.92. The molecule has 6 heteroatoms. The average molecular weight is 486 g/mol. The number of furan rings is 1. The quantitative estimate of drug-likeness (QED) is 0.224. The average Bonchev–Trinajstić information content (AvgIpc) is 2.96. The third-order valence-corrected chi connectivity index (χ3v) is 4.66. The van der Waals surface area contributed by atoms with E-state index < -0.39 is 0 Å². The number of hydrogen-bond acceptors (Lipinski definition) is 3. The van der Waals surface area contributed by atoms with Crippen LogP contribution in [0.2, 0.25) is 0 Å². The summed E-state index contributed by atoms with van der Waals surface area (Å²) in [4.78, 5) is 6.55. The van der Waals surface area contributed by atoms with Crippen LogP contribution in [-0.2, 0) is 6.54 Å². The van der Waals surface area contributed by atoms with Gasteiger partial charge in [-0.2, -0.15) is 0 Å². The van der Waals surface area contributed by atoms with Crippen LogP contribution in [-0.4, -0.2) is 45.1 Å². The van der Waals surface area contributed by atoms with E-state index in [2.05, 4.69) is 47.6 Å². The molecular formula is C21H35IN4O. The second kappa shape index (κ2) is 13.0. The lowest BCUT2D eigenvalue weighted by molar-refractivity contribution is 0.389. The molecule has 0 spiro atoms. The molecule has 152 valence electrons. The monoisotopic (exact) mass is 486 g/mol. The first-order valence-electron chi connectivity index (χ1n) is 9.68. The van der Waals surface area contributed by atoms with Crippen molar-refractivity contribution in [2.24, 2.45) is 4.99 Å². The van der Waals surface area contributed by atoms with Crippen molar-refractivity contribution < 1.29 is 4.42 Å². The first-order chi connectivity index (χ1) is 12.6. The number of halogens is 1. The van der Waals surface area contributed by atoms with Crippen LogP contribution in [0.25, 0.3) is 11.0 Å². The first kappa shape index (κ1) is 23.8. The fraction of sp³-hybridized carbons (Fsp3) is 0.571. The third-order valence-electron chi connectivity index (χ3n) is 4.66. The van der Waals surface area contributed by atoms with Gasteiger partial charge in [0.2, 0.25) is 0 Å². The van der Waals surface area contributed by atoms with Crippen LogP contribution < -0.4 is 10.6 Å². The molecule has 0 amide bonds. The van der Waals surface area contributed by atoms with Crippen LogP contribution in [0.15, 0.2) is 33.7 Å². The van der Waals surface area contributed by atoms with Gasteiger partial charge in [-0.25, -0.2) is 0 Å². The van der Waals surface area contributed by atoms with E-state index in [1.807, 2.05) is 25.2 Å². The predicted molar refractivity (Wildman–Crippen MR) is 126 cm³/mol. The van der Waals surface area contributed by atoms with E-state index in [0.29, 0.717) is 6.54 Å². The van der Waals surface area contributed by atoms with Crippen molar-refractivity contribution >= 4 is 40.9 Å². The van der Waals surface area contributed by atoms with Crippen molar-refractivity contribution in [1.29, 1.82) is 0 Å². The minimum Gasteiger partial charge on any atom is -0.459 e. The zero-order valence-corrected chi connectivity index (χ0v) is 19.5. The largest absolute Gasteiger partial charge is 0.459 e. The number of unbranched alkanes of at least 4 members (excludes halogenated alkanes) is 4. The summed E-state index contributed by atoms with van der Waals surface area (Å²) in [6.07, 6.45) is 6.35. The second-order valence-corrected chi connectivity index (χ2v) is 7.07.